The number of methoxy groups -OCH3 is 1. The van der Waals surface area contributed by atoms with E-state index in [4.69, 9.17) is 4.74 Å². The minimum absolute atomic E-state index is 0.0926. The second-order valence-corrected chi connectivity index (χ2v) is 7.34. The summed E-state index contributed by atoms with van der Waals surface area (Å²) in [6.07, 6.45) is 1.04. The van der Waals surface area contributed by atoms with Gasteiger partial charge in [-0.15, -0.1) is 0 Å². The molecule has 3 rings (SSSR count). The summed E-state index contributed by atoms with van der Waals surface area (Å²) in [5.74, 6) is 0.985. The normalized spacial score (nSPS) is 17.3. The van der Waals surface area contributed by atoms with E-state index in [1.54, 1.807) is 7.11 Å². The maximum Gasteiger partial charge on any atom is 0.253 e. The highest BCUT2D eigenvalue weighted by atomic mass is 16.5. The van der Waals surface area contributed by atoms with Crippen LogP contribution in [0, 0.1) is 13.8 Å². The van der Waals surface area contributed by atoms with E-state index < -0.39 is 0 Å². The summed E-state index contributed by atoms with van der Waals surface area (Å²) in [5.41, 5.74) is 5.18. The van der Waals surface area contributed by atoms with Crippen LogP contribution in [-0.4, -0.2) is 56.0 Å². The zero-order chi connectivity index (χ0) is 18.8. The van der Waals surface area contributed by atoms with E-state index in [2.05, 4.69) is 37.1 Å². The lowest BCUT2D eigenvalue weighted by molar-refractivity contribution is 0.0737. The number of aryl methyl sites for hydroxylation is 2. The molecule has 26 heavy (non-hydrogen) atoms. The smallest absolute Gasteiger partial charge is 0.253 e. The molecule has 0 bridgehead atoms. The Morgan fingerprint density at radius 1 is 1.19 bits per heavy atom. The average Bonchev–Trinajstić information content (AvgIpc) is 3.08. The Bertz CT molecular complexity index is 816. The fraction of sp³-hybridized carbons (Fsp3) is 0.409. The number of likely N-dealkylation sites (tertiary alicyclic amines) is 1. The van der Waals surface area contributed by atoms with Crippen molar-refractivity contribution in [1.82, 2.24) is 9.80 Å². The minimum Gasteiger partial charge on any atom is -0.496 e. The molecule has 0 aromatic heterocycles. The van der Waals surface area contributed by atoms with Crippen molar-refractivity contribution in [2.24, 2.45) is 0 Å². The van der Waals surface area contributed by atoms with Crippen LogP contribution in [0.5, 0.6) is 5.75 Å². The van der Waals surface area contributed by atoms with E-state index in [1.807, 2.05) is 37.1 Å². The Balaban J connectivity index is 1.89. The van der Waals surface area contributed by atoms with Crippen LogP contribution >= 0.6 is 0 Å². The van der Waals surface area contributed by atoms with Gasteiger partial charge in [0, 0.05) is 25.2 Å². The predicted octanol–water partition coefficient (Wildman–Crippen LogP) is 3.76. The third kappa shape index (κ3) is 3.61. The van der Waals surface area contributed by atoms with Gasteiger partial charge in [-0.25, -0.2) is 0 Å². The Morgan fingerprint density at radius 2 is 1.96 bits per heavy atom. The van der Waals surface area contributed by atoms with E-state index >= 15 is 0 Å². The molecule has 0 unspecified atom stereocenters. The van der Waals surface area contributed by atoms with Gasteiger partial charge in [0.15, 0.2) is 0 Å². The number of amides is 1. The predicted molar refractivity (Wildman–Crippen MR) is 106 cm³/mol. The van der Waals surface area contributed by atoms with Gasteiger partial charge in [-0.3, -0.25) is 4.79 Å². The number of rotatable bonds is 4. The van der Waals surface area contributed by atoms with Crippen LogP contribution in [0.15, 0.2) is 36.4 Å². The van der Waals surface area contributed by atoms with Crippen LogP contribution in [0.2, 0.25) is 0 Å². The van der Waals surface area contributed by atoms with Crippen LogP contribution in [0.3, 0.4) is 0 Å². The van der Waals surface area contributed by atoms with Gasteiger partial charge >= 0.3 is 0 Å². The van der Waals surface area contributed by atoms with Crippen molar-refractivity contribution >= 4 is 5.91 Å². The molecule has 2 aromatic carbocycles. The zero-order valence-electron chi connectivity index (χ0n) is 16.4. The molecular formula is C22H28N2O2. The van der Waals surface area contributed by atoms with E-state index in [9.17, 15) is 4.79 Å². The van der Waals surface area contributed by atoms with Gasteiger partial charge in [0.05, 0.1) is 7.11 Å². The maximum absolute atomic E-state index is 13.0. The number of likely N-dealkylation sites (N-methyl/N-ethyl adjacent to an activating group) is 2. The SMILES string of the molecule is COc1cc(C)c(-c2cccc(C(=O)N(C)[C@@H]3CCN(C)C3)c2)cc1C. The van der Waals surface area contributed by atoms with Crippen molar-refractivity contribution in [2.45, 2.75) is 26.3 Å². The van der Waals surface area contributed by atoms with Crippen molar-refractivity contribution in [2.75, 3.05) is 34.3 Å². The van der Waals surface area contributed by atoms with Crippen molar-refractivity contribution in [1.29, 1.82) is 0 Å². The molecule has 0 N–H and O–H groups in total. The Morgan fingerprint density at radius 3 is 2.62 bits per heavy atom. The summed E-state index contributed by atoms with van der Waals surface area (Å²) in [5, 5.41) is 0. The fourth-order valence-electron chi connectivity index (χ4n) is 3.74. The van der Waals surface area contributed by atoms with Crippen LogP contribution in [0.1, 0.15) is 27.9 Å². The molecule has 4 heteroatoms. The van der Waals surface area contributed by atoms with Gasteiger partial charge in [-0.2, -0.15) is 0 Å². The van der Waals surface area contributed by atoms with E-state index in [-0.39, 0.29) is 5.91 Å². The molecule has 0 radical (unpaired) electrons. The highest BCUT2D eigenvalue weighted by Crippen LogP contribution is 2.30. The first-order valence-electron chi connectivity index (χ1n) is 9.12. The highest BCUT2D eigenvalue weighted by Gasteiger charge is 2.27. The fourth-order valence-corrected chi connectivity index (χ4v) is 3.74. The van der Waals surface area contributed by atoms with Crippen molar-refractivity contribution in [3.63, 3.8) is 0 Å². The Kier molecular flexibility index (Phi) is 5.33. The molecule has 1 fully saturated rings. The van der Waals surface area contributed by atoms with Crippen molar-refractivity contribution in [3.05, 3.63) is 53.1 Å². The molecule has 0 spiro atoms. The summed E-state index contributed by atoms with van der Waals surface area (Å²) >= 11 is 0. The van der Waals surface area contributed by atoms with E-state index in [1.165, 1.54) is 0 Å². The van der Waals surface area contributed by atoms with Gasteiger partial charge in [-0.1, -0.05) is 12.1 Å². The number of ether oxygens (including phenoxy) is 1. The second-order valence-electron chi connectivity index (χ2n) is 7.34. The summed E-state index contributed by atoms with van der Waals surface area (Å²) < 4.78 is 5.41. The van der Waals surface area contributed by atoms with Crippen LogP contribution in [0.25, 0.3) is 11.1 Å². The standard InChI is InChI=1S/C22H28N2O2/c1-15-12-21(26-5)16(2)11-20(15)17-7-6-8-18(13-17)22(25)24(4)19-9-10-23(3)14-19/h6-8,11-13,19H,9-10,14H2,1-5H3/t19-/m1/s1. The number of hydrogen-bond donors (Lipinski definition) is 0. The lowest BCUT2D eigenvalue weighted by Gasteiger charge is -2.24. The summed E-state index contributed by atoms with van der Waals surface area (Å²) in [7, 11) is 5.71. The topological polar surface area (TPSA) is 32.8 Å². The molecule has 138 valence electrons. The molecule has 1 aliphatic heterocycles. The van der Waals surface area contributed by atoms with Crippen LogP contribution in [-0.2, 0) is 0 Å². The zero-order valence-corrected chi connectivity index (χ0v) is 16.4. The summed E-state index contributed by atoms with van der Waals surface area (Å²) in [4.78, 5) is 17.1. The third-order valence-electron chi connectivity index (χ3n) is 5.40. The number of carbonyl (C=O) groups is 1. The number of hydrogen-bond acceptors (Lipinski definition) is 3. The van der Waals surface area contributed by atoms with Crippen molar-refractivity contribution in [3.8, 4) is 16.9 Å². The third-order valence-corrected chi connectivity index (χ3v) is 5.40. The molecule has 1 aliphatic rings. The summed E-state index contributed by atoms with van der Waals surface area (Å²) in [6.45, 7) is 6.11. The number of carbonyl (C=O) groups excluding carboxylic acids is 1. The van der Waals surface area contributed by atoms with E-state index in [0.717, 1.165) is 53.1 Å². The van der Waals surface area contributed by atoms with Gasteiger partial charge in [0.25, 0.3) is 5.91 Å². The first kappa shape index (κ1) is 18.5. The molecule has 1 atom stereocenters. The summed E-state index contributed by atoms with van der Waals surface area (Å²) in [6, 6.07) is 12.4. The first-order valence-corrected chi connectivity index (χ1v) is 9.12. The second kappa shape index (κ2) is 7.50. The van der Waals surface area contributed by atoms with Crippen molar-refractivity contribution < 1.29 is 9.53 Å². The molecule has 2 aromatic rings. The van der Waals surface area contributed by atoms with Gasteiger partial charge in [0.2, 0.25) is 0 Å². The Labute approximate surface area is 156 Å². The van der Waals surface area contributed by atoms with Gasteiger partial charge in [-0.05, 0) is 80.4 Å². The molecule has 0 aliphatic carbocycles. The highest BCUT2D eigenvalue weighted by molar-refractivity contribution is 5.95. The van der Waals surface area contributed by atoms with Crippen LogP contribution in [0.4, 0.5) is 0 Å². The minimum atomic E-state index is 0.0926. The molecule has 4 nitrogen and oxygen atoms in total. The molecule has 1 saturated heterocycles. The van der Waals surface area contributed by atoms with Crippen LogP contribution < -0.4 is 4.74 Å². The largest absolute Gasteiger partial charge is 0.496 e. The van der Waals surface area contributed by atoms with Gasteiger partial charge in [0.1, 0.15) is 5.75 Å². The lowest BCUT2D eigenvalue weighted by atomic mass is 9.96. The average molecular weight is 352 g/mol. The van der Waals surface area contributed by atoms with Gasteiger partial charge < -0.3 is 14.5 Å². The number of nitrogens with zero attached hydrogens (tertiary/aromatic N) is 2. The first-order chi connectivity index (χ1) is 12.4. The molecular weight excluding hydrogens is 324 g/mol. The number of benzene rings is 2. The lowest BCUT2D eigenvalue weighted by Crippen LogP contribution is -2.38. The monoisotopic (exact) mass is 352 g/mol. The van der Waals surface area contributed by atoms with E-state index in [0.29, 0.717) is 6.04 Å². The maximum atomic E-state index is 13.0. The molecule has 1 heterocycles. The quantitative estimate of drug-likeness (QED) is 0.840. The molecule has 0 saturated carbocycles. The Hall–Kier alpha value is -2.33. The molecule has 1 amide bonds.